The number of aromatic amines is 1. The van der Waals surface area contributed by atoms with Crippen molar-refractivity contribution >= 4 is 11.2 Å². The van der Waals surface area contributed by atoms with Crippen LogP contribution in [0, 0.1) is 0 Å². The lowest BCUT2D eigenvalue weighted by molar-refractivity contribution is 0.578. The average molecular weight is 561 g/mol. The summed E-state index contributed by atoms with van der Waals surface area (Å²) in [5.41, 5.74) is 5.26. The Labute approximate surface area is 242 Å². The molecule has 0 saturated carbocycles. The molecular formula is C32H32N8O2. The maximum atomic E-state index is 13.9. The highest BCUT2D eigenvalue weighted by molar-refractivity contribution is 5.80. The number of hydrogen-bond acceptors (Lipinski definition) is 6. The molecular weight excluding hydrogens is 528 g/mol. The van der Waals surface area contributed by atoms with Crippen LogP contribution in [0.5, 0.6) is 0 Å². The predicted molar refractivity (Wildman–Crippen MR) is 162 cm³/mol. The summed E-state index contributed by atoms with van der Waals surface area (Å²) in [5, 5.41) is 14.5. The highest BCUT2D eigenvalue weighted by atomic mass is 16.2. The van der Waals surface area contributed by atoms with Crippen molar-refractivity contribution in [3.8, 4) is 22.5 Å². The van der Waals surface area contributed by atoms with Crippen LogP contribution in [0.3, 0.4) is 0 Å². The van der Waals surface area contributed by atoms with Gasteiger partial charge in [0.2, 0.25) is 5.82 Å². The van der Waals surface area contributed by atoms with E-state index >= 15 is 0 Å². The molecule has 0 unspecified atom stereocenters. The molecule has 0 saturated heterocycles. The van der Waals surface area contributed by atoms with Crippen LogP contribution in [0.15, 0.2) is 88.5 Å². The van der Waals surface area contributed by atoms with E-state index in [-0.39, 0.29) is 17.2 Å². The Kier molecular flexibility index (Phi) is 7.35. The smallest absolute Gasteiger partial charge is 0.317 e. The normalized spacial score (nSPS) is 11.5. The summed E-state index contributed by atoms with van der Waals surface area (Å²) >= 11 is 0. The minimum absolute atomic E-state index is 0.0519. The number of benzene rings is 3. The summed E-state index contributed by atoms with van der Waals surface area (Å²) in [6, 6.07) is 26.1. The van der Waals surface area contributed by atoms with Gasteiger partial charge in [-0.2, -0.15) is 5.21 Å². The second kappa shape index (κ2) is 11.4. The lowest BCUT2D eigenvalue weighted by Crippen LogP contribution is -2.41. The summed E-state index contributed by atoms with van der Waals surface area (Å²) in [7, 11) is 0. The predicted octanol–water partition coefficient (Wildman–Crippen LogP) is 4.64. The van der Waals surface area contributed by atoms with Crippen molar-refractivity contribution in [2.45, 2.75) is 52.7 Å². The lowest BCUT2D eigenvalue weighted by atomic mass is 9.98. The summed E-state index contributed by atoms with van der Waals surface area (Å²) in [4.78, 5) is 32.3. The number of tetrazole rings is 1. The molecule has 0 atom stereocenters. The summed E-state index contributed by atoms with van der Waals surface area (Å²) < 4.78 is 4.95. The zero-order chi connectivity index (χ0) is 29.2. The quantitative estimate of drug-likeness (QED) is 0.275. The number of nitrogens with zero attached hydrogens (tertiary/aromatic N) is 7. The van der Waals surface area contributed by atoms with Crippen molar-refractivity contribution in [3.05, 3.63) is 117 Å². The van der Waals surface area contributed by atoms with Crippen LogP contribution >= 0.6 is 0 Å². The van der Waals surface area contributed by atoms with E-state index in [1.54, 1.807) is 4.57 Å². The summed E-state index contributed by atoms with van der Waals surface area (Å²) in [6.45, 7) is 7.19. The first-order valence-corrected chi connectivity index (χ1v) is 14.2. The molecule has 0 spiro atoms. The maximum Gasteiger partial charge on any atom is 0.332 e. The molecule has 0 amide bonds. The number of imidazole rings is 1. The van der Waals surface area contributed by atoms with Crippen LogP contribution in [-0.2, 0) is 26.1 Å². The molecule has 6 aromatic rings. The first-order valence-electron chi connectivity index (χ1n) is 14.2. The van der Waals surface area contributed by atoms with Crippen molar-refractivity contribution in [1.82, 2.24) is 39.3 Å². The van der Waals surface area contributed by atoms with Gasteiger partial charge in [-0.25, -0.2) is 9.78 Å². The van der Waals surface area contributed by atoms with Gasteiger partial charge in [0, 0.05) is 31.1 Å². The summed E-state index contributed by atoms with van der Waals surface area (Å²) in [5.74, 6) is 1.36. The van der Waals surface area contributed by atoms with Gasteiger partial charge in [0.25, 0.3) is 5.56 Å². The fourth-order valence-corrected chi connectivity index (χ4v) is 5.45. The molecule has 1 N–H and O–H groups in total. The van der Waals surface area contributed by atoms with Gasteiger partial charge in [-0.3, -0.25) is 13.9 Å². The van der Waals surface area contributed by atoms with Gasteiger partial charge < -0.3 is 4.57 Å². The van der Waals surface area contributed by atoms with E-state index in [0.29, 0.717) is 43.0 Å². The molecule has 3 heterocycles. The number of aryl methyl sites for hydroxylation is 2. The number of fused-ring (bicyclic) bond motifs is 1. The molecule has 0 radical (unpaired) electrons. The van der Waals surface area contributed by atoms with Crippen LogP contribution in [0.25, 0.3) is 33.7 Å². The second-order valence-corrected chi connectivity index (χ2v) is 10.6. The molecule has 0 bridgehead atoms. The van der Waals surface area contributed by atoms with E-state index in [1.807, 2.05) is 66.1 Å². The number of nitrogens with one attached hydrogen (secondary N) is 1. The van der Waals surface area contributed by atoms with Crippen LogP contribution < -0.4 is 11.2 Å². The molecule has 212 valence electrons. The van der Waals surface area contributed by atoms with E-state index in [4.69, 9.17) is 4.98 Å². The van der Waals surface area contributed by atoms with Gasteiger partial charge in [0.15, 0.2) is 11.2 Å². The van der Waals surface area contributed by atoms with Gasteiger partial charge in [0.1, 0.15) is 5.82 Å². The van der Waals surface area contributed by atoms with E-state index in [0.717, 1.165) is 33.6 Å². The molecule has 0 aliphatic rings. The zero-order valence-electron chi connectivity index (χ0n) is 23.9. The third-order valence-corrected chi connectivity index (χ3v) is 7.56. The number of rotatable bonds is 9. The molecule has 10 nitrogen and oxygen atoms in total. The Hall–Kier alpha value is -5.12. The highest BCUT2D eigenvalue weighted by Gasteiger charge is 2.23. The Morgan fingerprint density at radius 2 is 1.52 bits per heavy atom. The second-order valence-electron chi connectivity index (χ2n) is 10.6. The first-order chi connectivity index (χ1) is 20.5. The molecule has 0 aliphatic heterocycles. The largest absolute Gasteiger partial charge is 0.332 e. The van der Waals surface area contributed by atoms with Gasteiger partial charge in [-0.15, -0.1) is 10.2 Å². The highest BCUT2D eigenvalue weighted by Crippen LogP contribution is 2.30. The molecule has 3 aromatic carbocycles. The Bertz CT molecular complexity index is 1950. The molecule has 0 aliphatic carbocycles. The van der Waals surface area contributed by atoms with Crippen molar-refractivity contribution < 1.29 is 0 Å². The Morgan fingerprint density at radius 3 is 2.19 bits per heavy atom. The van der Waals surface area contributed by atoms with Crippen molar-refractivity contribution in [2.75, 3.05) is 0 Å². The number of aromatic nitrogens is 8. The zero-order valence-corrected chi connectivity index (χ0v) is 23.9. The van der Waals surface area contributed by atoms with Crippen molar-refractivity contribution in [1.29, 1.82) is 0 Å². The van der Waals surface area contributed by atoms with Gasteiger partial charge in [-0.1, -0.05) is 92.7 Å². The Morgan fingerprint density at radius 1 is 0.810 bits per heavy atom. The van der Waals surface area contributed by atoms with Gasteiger partial charge in [-0.05, 0) is 40.8 Å². The molecule has 10 heteroatoms. The molecule has 3 aromatic heterocycles. The van der Waals surface area contributed by atoms with Crippen LogP contribution in [0.1, 0.15) is 43.6 Å². The molecule has 0 fully saturated rings. The topological polar surface area (TPSA) is 116 Å². The standard InChI is InChI=1S/C32H32N8O2/c1-4-38-30-27(31(41)39(32(38)42)19-18-22-10-6-5-7-11-22)40(29(33-30)21(2)3)20-23-14-16-24(17-15-23)25-12-8-9-13-26(25)28-34-36-37-35-28/h5-17,21H,4,18-20H2,1-3H3,(H,34,35,36,37). The van der Waals surface area contributed by atoms with Crippen LogP contribution in [0.4, 0.5) is 0 Å². The maximum absolute atomic E-state index is 13.9. The lowest BCUT2D eigenvalue weighted by Gasteiger charge is -2.14. The van der Waals surface area contributed by atoms with Gasteiger partial charge in [0.05, 0.1) is 0 Å². The van der Waals surface area contributed by atoms with Crippen LogP contribution in [0.2, 0.25) is 0 Å². The minimum atomic E-state index is -0.324. The van der Waals surface area contributed by atoms with E-state index in [1.165, 1.54) is 4.57 Å². The fourth-order valence-electron chi connectivity index (χ4n) is 5.45. The van der Waals surface area contributed by atoms with Crippen molar-refractivity contribution in [3.63, 3.8) is 0 Å². The number of hydrogen-bond donors (Lipinski definition) is 1. The fraction of sp³-hybridized carbons (Fsp3) is 0.250. The monoisotopic (exact) mass is 560 g/mol. The first kappa shape index (κ1) is 27.1. The van der Waals surface area contributed by atoms with E-state index in [2.05, 4.69) is 58.7 Å². The molecule has 42 heavy (non-hydrogen) atoms. The third-order valence-electron chi connectivity index (χ3n) is 7.56. The van der Waals surface area contributed by atoms with Crippen LogP contribution in [-0.4, -0.2) is 39.3 Å². The average Bonchev–Trinajstić information content (AvgIpc) is 3.68. The van der Waals surface area contributed by atoms with Gasteiger partial charge >= 0.3 is 5.69 Å². The van der Waals surface area contributed by atoms with E-state index in [9.17, 15) is 9.59 Å². The third kappa shape index (κ3) is 4.96. The minimum Gasteiger partial charge on any atom is -0.317 e. The number of H-pyrrole nitrogens is 1. The van der Waals surface area contributed by atoms with E-state index < -0.39 is 0 Å². The van der Waals surface area contributed by atoms with Crippen molar-refractivity contribution in [2.24, 2.45) is 0 Å². The molecule has 6 rings (SSSR count). The summed E-state index contributed by atoms with van der Waals surface area (Å²) in [6.07, 6.45) is 0.586. The Balaban J connectivity index is 1.40. The SMILES string of the molecule is CCn1c(=O)n(CCc2ccccc2)c(=O)c2c1nc(C(C)C)n2Cc1ccc(-c2ccccc2-c2nn[nH]n2)cc1.